The number of halogens is 4. The summed E-state index contributed by atoms with van der Waals surface area (Å²) in [5.41, 5.74) is 0.656. The van der Waals surface area contributed by atoms with Crippen LogP contribution in [0.25, 0.3) is 0 Å². The molecule has 1 aliphatic rings. The molecule has 1 unspecified atom stereocenters. The first-order valence-corrected chi connectivity index (χ1v) is 8.74. The predicted octanol–water partition coefficient (Wildman–Crippen LogP) is 3.00. The number of anilines is 2. The van der Waals surface area contributed by atoms with Gasteiger partial charge in [-0.15, -0.1) is 0 Å². The Morgan fingerprint density at radius 2 is 1.56 bits per heavy atom. The van der Waals surface area contributed by atoms with Gasteiger partial charge in [0.15, 0.2) is 6.10 Å². The molecule has 9 heteroatoms. The summed E-state index contributed by atoms with van der Waals surface area (Å²) in [6, 6.07) is 8.26. The minimum atomic E-state index is -4.74. The third kappa shape index (κ3) is 4.32. The van der Waals surface area contributed by atoms with Crippen LogP contribution in [0.1, 0.15) is 11.8 Å². The molecule has 0 radical (unpaired) electrons. The van der Waals surface area contributed by atoms with Crippen molar-refractivity contribution in [3.63, 3.8) is 0 Å². The Bertz CT molecular complexity index is 701. The first-order chi connectivity index (χ1) is 11.8. The van der Waals surface area contributed by atoms with Gasteiger partial charge in [-0.05, 0) is 46.9 Å². The maximum absolute atomic E-state index is 12.5. The molecule has 1 atom stereocenters. The Labute approximate surface area is 156 Å². The summed E-state index contributed by atoms with van der Waals surface area (Å²) in [5.74, 6) is 0.514. The molecule has 1 N–H and O–H groups in total. The number of aliphatic hydroxyl groups is 1. The van der Waals surface area contributed by atoms with Crippen LogP contribution in [0.3, 0.4) is 0 Å². The lowest BCUT2D eigenvalue weighted by Gasteiger charge is -2.36. The highest BCUT2D eigenvalue weighted by molar-refractivity contribution is 14.1. The van der Waals surface area contributed by atoms with E-state index < -0.39 is 18.0 Å². The van der Waals surface area contributed by atoms with Gasteiger partial charge in [-0.2, -0.15) is 13.2 Å². The second kappa shape index (κ2) is 7.32. The van der Waals surface area contributed by atoms with E-state index in [0.29, 0.717) is 18.9 Å². The zero-order valence-electron chi connectivity index (χ0n) is 13.1. The molecule has 134 valence electrons. The fourth-order valence-corrected chi connectivity index (χ4v) is 3.01. The second-order valence-corrected chi connectivity index (χ2v) is 6.94. The second-order valence-electron chi connectivity index (χ2n) is 5.69. The molecule has 3 rings (SSSR count). The Balaban J connectivity index is 1.62. The maximum Gasteiger partial charge on any atom is 0.420 e. The number of aromatic nitrogens is 2. The van der Waals surface area contributed by atoms with Crippen molar-refractivity contribution in [1.29, 1.82) is 0 Å². The van der Waals surface area contributed by atoms with Crippen LogP contribution in [-0.2, 0) is 0 Å². The quantitative estimate of drug-likeness (QED) is 0.709. The van der Waals surface area contributed by atoms with Gasteiger partial charge < -0.3 is 14.9 Å². The van der Waals surface area contributed by atoms with Crippen molar-refractivity contribution in [3.8, 4) is 0 Å². The number of piperazine rings is 1. The molecule has 1 aromatic heterocycles. The normalized spacial score (nSPS) is 16.8. The van der Waals surface area contributed by atoms with E-state index >= 15 is 0 Å². The van der Waals surface area contributed by atoms with Gasteiger partial charge in [0.1, 0.15) is 5.82 Å². The monoisotopic (exact) mass is 464 g/mol. The number of rotatable bonds is 3. The number of nitrogens with zero attached hydrogens (tertiary/aromatic N) is 4. The smallest absolute Gasteiger partial charge is 0.378 e. The van der Waals surface area contributed by atoms with Gasteiger partial charge in [0.05, 0.1) is 18.1 Å². The van der Waals surface area contributed by atoms with Crippen molar-refractivity contribution in [2.45, 2.75) is 12.3 Å². The predicted molar refractivity (Wildman–Crippen MR) is 96.6 cm³/mol. The zero-order valence-corrected chi connectivity index (χ0v) is 15.3. The van der Waals surface area contributed by atoms with E-state index in [-0.39, 0.29) is 0 Å². The minimum Gasteiger partial charge on any atom is -0.378 e. The minimum absolute atomic E-state index is 0.492. The fraction of sp³-hybridized carbons (Fsp3) is 0.375. The fourth-order valence-electron chi connectivity index (χ4n) is 2.65. The number of hydrogen-bond donors (Lipinski definition) is 1. The first kappa shape index (κ1) is 18.2. The van der Waals surface area contributed by atoms with Gasteiger partial charge in [0.25, 0.3) is 0 Å². The number of hydrogen-bond acceptors (Lipinski definition) is 5. The van der Waals surface area contributed by atoms with Gasteiger partial charge in [0, 0.05) is 35.4 Å². The number of alkyl halides is 3. The van der Waals surface area contributed by atoms with Gasteiger partial charge in [-0.1, -0.05) is 0 Å². The topological polar surface area (TPSA) is 52.5 Å². The summed E-state index contributed by atoms with van der Waals surface area (Å²) < 4.78 is 38.6. The highest BCUT2D eigenvalue weighted by Gasteiger charge is 2.40. The summed E-state index contributed by atoms with van der Waals surface area (Å²) in [7, 11) is 0. The lowest BCUT2D eigenvalue weighted by molar-refractivity contribution is -0.208. The number of benzene rings is 1. The molecule has 1 aliphatic heterocycles. The Hall–Kier alpha value is -1.62. The molecule has 1 fully saturated rings. The van der Waals surface area contributed by atoms with Gasteiger partial charge in [-0.3, -0.25) is 4.98 Å². The van der Waals surface area contributed by atoms with E-state index in [1.807, 2.05) is 4.90 Å². The van der Waals surface area contributed by atoms with Gasteiger partial charge in [-0.25, -0.2) is 4.98 Å². The molecule has 0 amide bonds. The lowest BCUT2D eigenvalue weighted by Crippen LogP contribution is -2.46. The summed E-state index contributed by atoms with van der Waals surface area (Å²) in [6.07, 6.45) is -5.08. The maximum atomic E-state index is 12.5. The SMILES string of the molecule is OC(c1cnc(N2CCN(c3ccc(I)cc3)CC2)cn1)C(F)(F)F. The highest BCUT2D eigenvalue weighted by Crippen LogP contribution is 2.31. The van der Waals surface area contributed by atoms with Crippen molar-refractivity contribution >= 4 is 34.1 Å². The van der Waals surface area contributed by atoms with Crippen molar-refractivity contribution in [2.24, 2.45) is 0 Å². The van der Waals surface area contributed by atoms with E-state index in [1.165, 1.54) is 9.77 Å². The molecule has 2 aromatic rings. The molecular formula is C16H16F3IN4O. The van der Waals surface area contributed by atoms with Crippen LogP contribution < -0.4 is 9.80 Å². The third-order valence-electron chi connectivity index (χ3n) is 4.04. The standard InChI is InChI=1S/C16H16F3IN4O/c17-16(18,19)15(25)13-9-22-14(10-21-13)24-7-5-23(6-8-24)12-3-1-11(20)2-4-12/h1-4,9-10,15,25H,5-8H2. The van der Waals surface area contributed by atoms with E-state index in [0.717, 1.165) is 25.0 Å². The Kier molecular flexibility index (Phi) is 5.32. The number of aliphatic hydroxyl groups excluding tert-OH is 1. The average Bonchev–Trinajstić information content (AvgIpc) is 2.61. The van der Waals surface area contributed by atoms with Crippen LogP contribution in [0.2, 0.25) is 0 Å². The molecule has 2 heterocycles. The van der Waals surface area contributed by atoms with E-state index in [9.17, 15) is 18.3 Å². The van der Waals surface area contributed by atoms with Crippen LogP contribution in [0.4, 0.5) is 24.7 Å². The molecular weight excluding hydrogens is 448 g/mol. The van der Waals surface area contributed by atoms with Crippen LogP contribution in [-0.4, -0.2) is 47.4 Å². The van der Waals surface area contributed by atoms with Crippen LogP contribution in [0, 0.1) is 3.57 Å². The molecule has 0 spiro atoms. The van der Waals surface area contributed by atoms with E-state index in [2.05, 4.69) is 61.7 Å². The summed E-state index contributed by atoms with van der Waals surface area (Å²) in [4.78, 5) is 12.0. The van der Waals surface area contributed by atoms with Crippen molar-refractivity contribution in [1.82, 2.24) is 9.97 Å². The Morgan fingerprint density at radius 3 is 2.08 bits per heavy atom. The molecule has 5 nitrogen and oxygen atoms in total. The van der Waals surface area contributed by atoms with Crippen LogP contribution in [0.5, 0.6) is 0 Å². The molecule has 25 heavy (non-hydrogen) atoms. The first-order valence-electron chi connectivity index (χ1n) is 7.67. The average molecular weight is 464 g/mol. The summed E-state index contributed by atoms with van der Waals surface area (Å²) in [6.45, 7) is 2.97. The summed E-state index contributed by atoms with van der Waals surface area (Å²) in [5, 5.41) is 9.19. The van der Waals surface area contributed by atoms with Gasteiger partial charge >= 0.3 is 6.18 Å². The highest BCUT2D eigenvalue weighted by atomic mass is 127. The van der Waals surface area contributed by atoms with Crippen LogP contribution >= 0.6 is 22.6 Å². The van der Waals surface area contributed by atoms with Gasteiger partial charge in [0.2, 0.25) is 0 Å². The molecule has 0 aliphatic carbocycles. The summed E-state index contributed by atoms with van der Waals surface area (Å²) >= 11 is 2.26. The lowest BCUT2D eigenvalue weighted by atomic mass is 10.2. The third-order valence-corrected chi connectivity index (χ3v) is 4.76. The molecule has 1 saturated heterocycles. The van der Waals surface area contributed by atoms with E-state index in [1.54, 1.807) is 0 Å². The molecule has 0 bridgehead atoms. The van der Waals surface area contributed by atoms with Crippen LogP contribution in [0.15, 0.2) is 36.7 Å². The Morgan fingerprint density at radius 1 is 0.960 bits per heavy atom. The molecule has 1 aromatic carbocycles. The van der Waals surface area contributed by atoms with Crippen molar-refractivity contribution < 1.29 is 18.3 Å². The molecule has 0 saturated carbocycles. The van der Waals surface area contributed by atoms with Crippen molar-refractivity contribution in [3.05, 3.63) is 45.9 Å². The zero-order chi connectivity index (χ0) is 18.0. The largest absolute Gasteiger partial charge is 0.420 e. The van der Waals surface area contributed by atoms with E-state index in [4.69, 9.17) is 0 Å². The van der Waals surface area contributed by atoms with Crippen molar-refractivity contribution in [2.75, 3.05) is 36.0 Å².